The first-order valence-corrected chi connectivity index (χ1v) is 6.08. The summed E-state index contributed by atoms with van der Waals surface area (Å²) in [6.07, 6.45) is 0. The Morgan fingerprint density at radius 2 is 1.95 bits per heavy atom. The molecule has 0 spiro atoms. The van der Waals surface area contributed by atoms with E-state index in [1.807, 2.05) is 31.2 Å². The van der Waals surface area contributed by atoms with Crippen molar-refractivity contribution in [3.63, 3.8) is 0 Å². The maximum atomic E-state index is 13.5. The number of hydrogen-bond donors (Lipinski definition) is 1. The van der Waals surface area contributed by atoms with Crippen LogP contribution in [-0.4, -0.2) is 6.61 Å². The van der Waals surface area contributed by atoms with Crippen LogP contribution < -0.4 is 10.1 Å². The monoisotopic (exact) mass is 281 g/mol. The van der Waals surface area contributed by atoms with Crippen molar-refractivity contribution in [3.05, 3.63) is 59.4 Å². The van der Waals surface area contributed by atoms with Gasteiger partial charge in [0.2, 0.25) is 0 Å². The van der Waals surface area contributed by atoms with Crippen molar-refractivity contribution in [2.24, 2.45) is 0 Å². The molecule has 2 nitrogen and oxygen atoms in total. The van der Waals surface area contributed by atoms with Gasteiger partial charge in [-0.3, -0.25) is 0 Å². The minimum Gasteiger partial charge on any atom is -0.432 e. The van der Waals surface area contributed by atoms with Crippen molar-refractivity contribution >= 4 is 5.69 Å². The second-order valence-electron chi connectivity index (χ2n) is 4.37. The van der Waals surface area contributed by atoms with Crippen molar-refractivity contribution < 1.29 is 17.9 Å². The fourth-order valence-electron chi connectivity index (χ4n) is 1.83. The average Bonchev–Trinajstić information content (AvgIpc) is 2.39. The summed E-state index contributed by atoms with van der Waals surface area (Å²) in [6, 6.07) is 11.7. The van der Waals surface area contributed by atoms with Crippen LogP contribution in [0.4, 0.5) is 18.9 Å². The van der Waals surface area contributed by atoms with Gasteiger partial charge in [0.05, 0.1) is 0 Å². The van der Waals surface area contributed by atoms with E-state index in [9.17, 15) is 13.2 Å². The lowest BCUT2D eigenvalue weighted by atomic mass is 10.1. The van der Waals surface area contributed by atoms with Crippen molar-refractivity contribution in [2.45, 2.75) is 20.1 Å². The predicted octanol–water partition coefficient (Wildman–Crippen LogP) is 4.35. The first-order valence-electron chi connectivity index (χ1n) is 6.08. The van der Waals surface area contributed by atoms with Gasteiger partial charge in [-0.15, -0.1) is 0 Å². The average molecular weight is 281 g/mol. The van der Waals surface area contributed by atoms with E-state index in [1.165, 1.54) is 12.1 Å². The fraction of sp³-hybridized carbons (Fsp3) is 0.200. The highest BCUT2D eigenvalue weighted by Crippen LogP contribution is 2.23. The molecule has 0 atom stereocenters. The Balaban J connectivity index is 2.02. The van der Waals surface area contributed by atoms with E-state index in [0.29, 0.717) is 12.2 Å². The number of nitrogens with one attached hydrogen (secondary N) is 1. The molecule has 0 unspecified atom stereocenters. The number of rotatable bonds is 5. The van der Waals surface area contributed by atoms with Crippen LogP contribution in [0.1, 0.15) is 11.1 Å². The highest BCUT2D eigenvalue weighted by Gasteiger charge is 2.10. The van der Waals surface area contributed by atoms with Crippen molar-refractivity contribution in [1.29, 1.82) is 0 Å². The lowest BCUT2D eigenvalue weighted by molar-refractivity contribution is -0.0521. The molecule has 20 heavy (non-hydrogen) atoms. The fourth-order valence-corrected chi connectivity index (χ4v) is 1.83. The van der Waals surface area contributed by atoms with Gasteiger partial charge >= 0.3 is 6.61 Å². The zero-order valence-corrected chi connectivity index (χ0v) is 10.9. The third-order valence-electron chi connectivity index (χ3n) is 2.73. The first kappa shape index (κ1) is 14.2. The van der Waals surface area contributed by atoms with E-state index in [0.717, 1.165) is 17.2 Å². The summed E-state index contributed by atoms with van der Waals surface area (Å²) >= 11 is 0. The highest BCUT2D eigenvalue weighted by molar-refractivity contribution is 5.47. The molecule has 0 saturated carbocycles. The smallest absolute Gasteiger partial charge is 0.387 e. The van der Waals surface area contributed by atoms with Gasteiger partial charge in [0.25, 0.3) is 0 Å². The molecule has 0 aliphatic rings. The molecule has 0 amide bonds. The van der Waals surface area contributed by atoms with Gasteiger partial charge in [-0.25, -0.2) is 4.39 Å². The molecule has 5 heteroatoms. The molecule has 1 N–H and O–H groups in total. The molecular formula is C15H14F3NO. The molecule has 0 heterocycles. The standard InChI is InChI=1S/C15H14F3NO/c1-10-3-2-4-11(7-10)9-19-12-5-6-14(13(16)8-12)20-15(17)18/h2-8,15,19H,9H2,1H3. The Labute approximate surface area is 115 Å². The van der Waals surface area contributed by atoms with Gasteiger partial charge < -0.3 is 10.1 Å². The van der Waals surface area contributed by atoms with E-state index in [1.54, 1.807) is 0 Å². The number of ether oxygens (including phenoxy) is 1. The third-order valence-corrected chi connectivity index (χ3v) is 2.73. The molecule has 2 aromatic carbocycles. The predicted molar refractivity (Wildman–Crippen MR) is 71.5 cm³/mol. The summed E-state index contributed by atoms with van der Waals surface area (Å²) in [5, 5.41) is 3.03. The quantitative estimate of drug-likeness (QED) is 0.879. The number of hydrogen-bond acceptors (Lipinski definition) is 2. The van der Waals surface area contributed by atoms with Gasteiger partial charge in [-0.1, -0.05) is 29.8 Å². The Morgan fingerprint density at radius 3 is 2.60 bits per heavy atom. The summed E-state index contributed by atoms with van der Waals surface area (Å²) in [4.78, 5) is 0. The Bertz CT molecular complexity index is 587. The summed E-state index contributed by atoms with van der Waals surface area (Å²) in [5.41, 5.74) is 2.69. The number of anilines is 1. The first-order chi connectivity index (χ1) is 9.54. The molecule has 0 bridgehead atoms. The van der Waals surface area contributed by atoms with Gasteiger partial charge in [0.15, 0.2) is 11.6 Å². The lowest BCUT2D eigenvalue weighted by Gasteiger charge is -2.10. The molecular weight excluding hydrogens is 267 g/mol. The molecule has 106 valence electrons. The number of benzene rings is 2. The molecule has 0 aliphatic carbocycles. The molecule has 0 radical (unpaired) electrons. The zero-order chi connectivity index (χ0) is 14.5. The molecule has 0 saturated heterocycles. The molecule has 0 aliphatic heterocycles. The minimum atomic E-state index is -3.03. The number of aryl methyl sites for hydroxylation is 1. The Morgan fingerprint density at radius 1 is 1.15 bits per heavy atom. The van der Waals surface area contributed by atoms with E-state index in [4.69, 9.17) is 0 Å². The van der Waals surface area contributed by atoms with Crippen LogP contribution in [0.5, 0.6) is 5.75 Å². The van der Waals surface area contributed by atoms with E-state index in [2.05, 4.69) is 10.1 Å². The number of alkyl halides is 2. The molecule has 0 aromatic heterocycles. The van der Waals surface area contributed by atoms with Gasteiger partial charge in [0, 0.05) is 18.3 Å². The zero-order valence-electron chi connectivity index (χ0n) is 10.9. The van der Waals surface area contributed by atoms with E-state index < -0.39 is 18.2 Å². The van der Waals surface area contributed by atoms with Crippen molar-refractivity contribution in [2.75, 3.05) is 5.32 Å². The lowest BCUT2D eigenvalue weighted by Crippen LogP contribution is -2.05. The van der Waals surface area contributed by atoms with E-state index >= 15 is 0 Å². The third kappa shape index (κ3) is 3.91. The van der Waals surface area contributed by atoms with Crippen LogP contribution >= 0.6 is 0 Å². The Hall–Kier alpha value is -2.17. The minimum absolute atomic E-state index is 0.457. The largest absolute Gasteiger partial charge is 0.432 e. The SMILES string of the molecule is Cc1cccc(CNc2ccc(OC(F)F)c(F)c2)c1. The second kappa shape index (κ2) is 6.32. The van der Waals surface area contributed by atoms with Crippen molar-refractivity contribution in [3.8, 4) is 5.75 Å². The highest BCUT2D eigenvalue weighted by atomic mass is 19.3. The van der Waals surface area contributed by atoms with Crippen LogP contribution in [0, 0.1) is 12.7 Å². The summed E-state index contributed by atoms with van der Waals surface area (Å²) in [5.74, 6) is -1.28. The summed E-state index contributed by atoms with van der Waals surface area (Å²) in [6.45, 7) is -0.522. The van der Waals surface area contributed by atoms with Crippen LogP contribution in [0.25, 0.3) is 0 Å². The van der Waals surface area contributed by atoms with E-state index in [-0.39, 0.29) is 0 Å². The maximum absolute atomic E-state index is 13.5. The van der Waals surface area contributed by atoms with Crippen LogP contribution in [0.15, 0.2) is 42.5 Å². The summed E-state index contributed by atoms with van der Waals surface area (Å²) < 4.78 is 41.6. The van der Waals surface area contributed by atoms with Gasteiger partial charge in [-0.2, -0.15) is 8.78 Å². The maximum Gasteiger partial charge on any atom is 0.387 e. The normalized spacial score (nSPS) is 10.7. The summed E-state index contributed by atoms with van der Waals surface area (Å²) in [7, 11) is 0. The number of halogens is 3. The molecule has 2 rings (SSSR count). The van der Waals surface area contributed by atoms with Crippen molar-refractivity contribution in [1.82, 2.24) is 0 Å². The van der Waals surface area contributed by atoms with Gasteiger partial charge in [-0.05, 0) is 24.6 Å². The van der Waals surface area contributed by atoms with Gasteiger partial charge in [0.1, 0.15) is 0 Å². The van der Waals surface area contributed by atoms with Crippen LogP contribution in [-0.2, 0) is 6.54 Å². The Kier molecular flexibility index (Phi) is 4.50. The van der Waals surface area contributed by atoms with Crippen LogP contribution in [0.3, 0.4) is 0 Å². The second-order valence-corrected chi connectivity index (χ2v) is 4.37. The topological polar surface area (TPSA) is 21.3 Å². The van der Waals surface area contributed by atoms with Crippen LogP contribution in [0.2, 0.25) is 0 Å². The molecule has 0 fully saturated rings. The molecule has 2 aromatic rings.